The van der Waals surface area contributed by atoms with Crippen LogP contribution in [0.2, 0.25) is 5.28 Å². The van der Waals surface area contributed by atoms with Crippen molar-refractivity contribution in [3.8, 4) is 6.01 Å². The molecule has 0 fully saturated rings. The fourth-order valence-electron chi connectivity index (χ4n) is 0.720. The fraction of sp³-hybridized carbons (Fsp3) is 0.500. The Kier molecular flexibility index (Phi) is 4.71. The Morgan fingerprint density at radius 3 is 2.69 bits per heavy atom. The molecule has 16 heavy (non-hydrogen) atoms. The topological polar surface area (TPSA) is 108 Å². The summed E-state index contributed by atoms with van der Waals surface area (Å²) in [6.07, 6.45) is 0. The van der Waals surface area contributed by atoms with E-state index in [0.29, 0.717) is 5.16 Å². The lowest BCUT2D eigenvalue weighted by atomic mass is 11.0. The van der Waals surface area contributed by atoms with Crippen LogP contribution in [-0.2, 0) is 10.0 Å². The molecule has 0 aliphatic heterocycles. The molecular weight excluding hydrogens is 276 g/mol. The van der Waals surface area contributed by atoms with Crippen LogP contribution in [0.15, 0.2) is 5.16 Å². The van der Waals surface area contributed by atoms with Gasteiger partial charge in [-0.2, -0.15) is 15.0 Å². The first kappa shape index (κ1) is 13.4. The average molecular weight is 285 g/mol. The zero-order chi connectivity index (χ0) is 12.2. The minimum Gasteiger partial charge on any atom is -0.467 e. The maximum absolute atomic E-state index is 10.7. The lowest BCUT2D eigenvalue weighted by Gasteiger charge is -2.01. The van der Waals surface area contributed by atoms with E-state index < -0.39 is 10.0 Å². The van der Waals surface area contributed by atoms with Gasteiger partial charge in [0.2, 0.25) is 15.3 Å². The number of aromatic nitrogens is 3. The molecule has 0 aliphatic rings. The van der Waals surface area contributed by atoms with Gasteiger partial charge in [0, 0.05) is 5.75 Å². The molecule has 0 atom stereocenters. The number of thioether (sulfide) groups is 1. The van der Waals surface area contributed by atoms with E-state index in [9.17, 15) is 8.42 Å². The van der Waals surface area contributed by atoms with Crippen molar-refractivity contribution in [2.75, 3.05) is 18.6 Å². The number of sulfonamides is 1. The third kappa shape index (κ3) is 4.92. The predicted octanol–water partition coefficient (Wildman–Crippen LogP) is -0.0858. The number of methoxy groups -OCH3 is 1. The molecule has 1 heterocycles. The van der Waals surface area contributed by atoms with Gasteiger partial charge in [-0.3, -0.25) is 0 Å². The molecule has 0 saturated carbocycles. The molecule has 90 valence electrons. The largest absolute Gasteiger partial charge is 0.467 e. The number of nitrogens with two attached hydrogens (primary N) is 1. The summed E-state index contributed by atoms with van der Waals surface area (Å²) in [7, 11) is -2.08. The lowest BCUT2D eigenvalue weighted by Crippen LogP contribution is -2.17. The summed E-state index contributed by atoms with van der Waals surface area (Å²) in [6.45, 7) is 0. The van der Waals surface area contributed by atoms with Crippen molar-refractivity contribution in [1.82, 2.24) is 15.0 Å². The molecule has 0 aliphatic carbocycles. The van der Waals surface area contributed by atoms with E-state index >= 15 is 0 Å². The minimum atomic E-state index is -3.48. The summed E-state index contributed by atoms with van der Waals surface area (Å²) in [5, 5.41) is 5.12. The van der Waals surface area contributed by atoms with Gasteiger partial charge in [-0.25, -0.2) is 13.6 Å². The summed E-state index contributed by atoms with van der Waals surface area (Å²) in [6, 6.07) is 0.0816. The molecule has 10 heteroatoms. The summed E-state index contributed by atoms with van der Waals surface area (Å²) in [5.74, 6) is 0.0750. The Labute approximate surface area is 102 Å². The number of ether oxygens (including phenoxy) is 1. The van der Waals surface area contributed by atoms with E-state index in [1.165, 1.54) is 7.11 Å². The van der Waals surface area contributed by atoms with Crippen LogP contribution in [0.1, 0.15) is 0 Å². The Morgan fingerprint density at radius 1 is 1.44 bits per heavy atom. The van der Waals surface area contributed by atoms with E-state index in [0.717, 1.165) is 11.8 Å². The molecule has 0 saturated heterocycles. The van der Waals surface area contributed by atoms with Crippen molar-refractivity contribution in [2.45, 2.75) is 5.16 Å². The summed E-state index contributed by atoms with van der Waals surface area (Å²) >= 11 is 6.70. The molecule has 0 radical (unpaired) electrons. The van der Waals surface area contributed by atoms with Crippen molar-refractivity contribution >= 4 is 33.4 Å². The van der Waals surface area contributed by atoms with E-state index in [2.05, 4.69) is 15.0 Å². The smallest absolute Gasteiger partial charge is 0.321 e. The second-order valence-electron chi connectivity index (χ2n) is 2.59. The van der Waals surface area contributed by atoms with Gasteiger partial charge in [0.25, 0.3) is 0 Å². The Hall–Kier alpha value is -0.640. The molecule has 2 N–H and O–H groups in total. The molecule has 0 bridgehead atoms. The van der Waals surface area contributed by atoms with Crippen molar-refractivity contribution < 1.29 is 13.2 Å². The summed E-state index contributed by atoms with van der Waals surface area (Å²) in [4.78, 5) is 11.3. The lowest BCUT2D eigenvalue weighted by molar-refractivity contribution is 0.373. The van der Waals surface area contributed by atoms with Gasteiger partial charge in [-0.15, -0.1) is 0 Å². The number of nitrogens with zero attached hydrogens (tertiary/aromatic N) is 3. The average Bonchev–Trinajstić information content (AvgIpc) is 2.14. The molecule has 0 spiro atoms. The third-order valence-corrected chi connectivity index (χ3v) is 3.40. The highest BCUT2D eigenvalue weighted by molar-refractivity contribution is 8.00. The third-order valence-electron chi connectivity index (χ3n) is 1.35. The van der Waals surface area contributed by atoms with Crippen LogP contribution >= 0.6 is 23.4 Å². The normalized spacial score (nSPS) is 11.4. The quantitative estimate of drug-likeness (QED) is 0.753. The van der Waals surface area contributed by atoms with Gasteiger partial charge < -0.3 is 4.74 Å². The number of rotatable bonds is 5. The molecule has 7 nitrogen and oxygen atoms in total. The minimum absolute atomic E-state index is 0.00930. The number of hydrogen-bond donors (Lipinski definition) is 1. The van der Waals surface area contributed by atoms with Crippen LogP contribution in [-0.4, -0.2) is 42.0 Å². The molecule has 0 aromatic carbocycles. The van der Waals surface area contributed by atoms with Crippen LogP contribution in [0.5, 0.6) is 6.01 Å². The Balaban J connectivity index is 2.63. The van der Waals surface area contributed by atoms with Gasteiger partial charge in [-0.1, -0.05) is 11.8 Å². The van der Waals surface area contributed by atoms with Gasteiger partial charge in [0.05, 0.1) is 12.9 Å². The van der Waals surface area contributed by atoms with E-state index in [-0.39, 0.29) is 22.8 Å². The maximum atomic E-state index is 10.7. The highest BCUT2D eigenvalue weighted by Crippen LogP contribution is 2.17. The first-order valence-corrected chi connectivity index (χ1v) is 7.07. The van der Waals surface area contributed by atoms with Crippen molar-refractivity contribution in [3.05, 3.63) is 5.28 Å². The first-order valence-electron chi connectivity index (χ1n) is 3.99. The van der Waals surface area contributed by atoms with Gasteiger partial charge in [0.15, 0.2) is 5.16 Å². The van der Waals surface area contributed by atoms with Crippen LogP contribution in [0, 0.1) is 0 Å². The van der Waals surface area contributed by atoms with Crippen molar-refractivity contribution in [3.63, 3.8) is 0 Å². The highest BCUT2D eigenvalue weighted by Gasteiger charge is 2.08. The summed E-state index contributed by atoms with van der Waals surface area (Å²) in [5.41, 5.74) is 0. The standard InChI is InChI=1S/C6H9ClN4O3S2/c1-14-5-9-4(7)10-6(11-5)15-2-3-16(8,12)13/h2-3H2,1H3,(H2,8,12,13). The predicted molar refractivity (Wildman–Crippen MR) is 60.1 cm³/mol. The molecule has 1 rings (SSSR count). The SMILES string of the molecule is COc1nc(Cl)nc(SCCS(N)(=O)=O)n1. The van der Waals surface area contributed by atoms with Crippen LogP contribution in [0.25, 0.3) is 0 Å². The zero-order valence-electron chi connectivity index (χ0n) is 8.25. The molecule has 0 amide bonds. The highest BCUT2D eigenvalue weighted by atomic mass is 35.5. The van der Waals surface area contributed by atoms with E-state index in [1.807, 2.05) is 0 Å². The molecule has 1 aromatic heterocycles. The molecule has 1 aromatic rings. The number of primary sulfonamides is 1. The van der Waals surface area contributed by atoms with Crippen LogP contribution in [0.3, 0.4) is 0 Å². The maximum Gasteiger partial charge on any atom is 0.321 e. The van der Waals surface area contributed by atoms with Crippen LogP contribution in [0.4, 0.5) is 0 Å². The second-order valence-corrected chi connectivity index (χ2v) is 5.72. The van der Waals surface area contributed by atoms with Crippen molar-refractivity contribution in [1.29, 1.82) is 0 Å². The fourth-order valence-corrected chi connectivity index (χ4v) is 2.66. The number of hydrogen-bond acceptors (Lipinski definition) is 7. The monoisotopic (exact) mass is 284 g/mol. The first-order chi connectivity index (χ1) is 7.40. The number of halogens is 1. The zero-order valence-corrected chi connectivity index (χ0v) is 10.6. The summed E-state index contributed by atoms with van der Waals surface area (Å²) < 4.78 is 26.1. The molecule has 0 unspecified atom stereocenters. The Bertz CT molecular complexity index is 467. The Morgan fingerprint density at radius 2 is 2.12 bits per heavy atom. The van der Waals surface area contributed by atoms with E-state index in [1.54, 1.807) is 0 Å². The molecular formula is C6H9ClN4O3S2. The van der Waals surface area contributed by atoms with Gasteiger partial charge in [0.1, 0.15) is 0 Å². The van der Waals surface area contributed by atoms with Crippen molar-refractivity contribution in [2.24, 2.45) is 5.14 Å². The van der Waals surface area contributed by atoms with Gasteiger partial charge in [-0.05, 0) is 11.6 Å². The van der Waals surface area contributed by atoms with E-state index in [4.69, 9.17) is 21.5 Å². The van der Waals surface area contributed by atoms with Gasteiger partial charge >= 0.3 is 6.01 Å². The second kappa shape index (κ2) is 5.62. The van der Waals surface area contributed by atoms with Crippen LogP contribution < -0.4 is 9.88 Å².